The van der Waals surface area contributed by atoms with E-state index in [0.29, 0.717) is 49.1 Å². The number of benzene rings is 1. The zero-order valence-corrected chi connectivity index (χ0v) is 20.8. The van der Waals surface area contributed by atoms with Gasteiger partial charge in [0.05, 0.1) is 12.3 Å². The maximum atomic E-state index is 12.6. The lowest BCUT2D eigenvalue weighted by molar-refractivity contribution is -0.149. The molecule has 36 heavy (non-hydrogen) atoms. The Morgan fingerprint density at radius 2 is 2.06 bits per heavy atom. The molecule has 1 aromatic heterocycles. The molecular formula is C29H34N2O5. The first-order chi connectivity index (χ1) is 17.5. The second-order valence-electron chi connectivity index (χ2n) is 9.30. The Hall–Kier alpha value is -3.61. The van der Waals surface area contributed by atoms with Crippen molar-refractivity contribution in [2.24, 2.45) is 5.92 Å². The first kappa shape index (κ1) is 25.5. The number of ether oxygens (including phenoxy) is 1. The largest absolute Gasteiger partial charge is 0.493 e. The number of aromatic nitrogens is 1. The molecule has 1 N–H and O–H groups in total. The van der Waals surface area contributed by atoms with E-state index in [1.165, 1.54) is 43.1 Å². The van der Waals surface area contributed by atoms with Crippen molar-refractivity contribution in [3.63, 3.8) is 0 Å². The molecule has 0 spiro atoms. The standard InChI is InChI=1S/C29H34N2O5/c1-2-3-5-10-27(32)31-17-15-22-12-13-24(19-25(22)28(31)29(33)34)35-18-16-23-20-36-26(30-23)14-11-21-8-6-4-7-9-21/h2-3,5,10-14,19-21,28H,4,6-9,15-18H2,1H3,(H,33,34). The molecular weight excluding hydrogens is 456 g/mol. The molecule has 1 aliphatic heterocycles. The van der Waals surface area contributed by atoms with Crippen molar-refractivity contribution in [3.8, 4) is 5.75 Å². The van der Waals surface area contributed by atoms with Crippen molar-refractivity contribution in [3.05, 3.63) is 77.6 Å². The molecule has 1 aliphatic carbocycles. The SMILES string of the molecule is CC=CC=CC(=O)N1CCc2ccc(OCCc3coc(C=CC4CCCCC4)n3)cc2C1C(=O)O. The molecule has 1 amide bonds. The molecule has 1 fully saturated rings. The molecule has 1 aromatic carbocycles. The number of amides is 1. The van der Waals surface area contributed by atoms with Gasteiger partial charge in [-0.25, -0.2) is 9.78 Å². The summed E-state index contributed by atoms with van der Waals surface area (Å²) in [5, 5.41) is 9.92. The third kappa shape index (κ3) is 6.53. The minimum atomic E-state index is -1.06. The molecule has 2 aromatic rings. The Kier molecular flexibility index (Phi) is 8.76. The number of carbonyl (C=O) groups is 2. The van der Waals surface area contributed by atoms with Gasteiger partial charge in [-0.2, -0.15) is 0 Å². The molecule has 4 rings (SSSR count). The van der Waals surface area contributed by atoms with Crippen LogP contribution in [0.1, 0.15) is 67.8 Å². The summed E-state index contributed by atoms with van der Waals surface area (Å²) in [6, 6.07) is 4.43. The predicted octanol–water partition coefficient (Wildman–Crippen LogP) is 5.53. The first-order valence-electron chi connectivity index (χ1n) is 12.8. The zero-order chi connectivity index (χ0) is 25.3. The van der Waals surface area contributed by atoms with Crippen LogP contribution in [-0.4, -0.2) is 40.0 Å². The number of aliphatic carboxylic acids is 1. The summed E-state index contributed by atoms with van der Waals surface area (Å²) < 4.78 is 11.5. The second kappa shape index (κ2) is 12.4. The summed E-state index contributed by atoms with van der Waals surface area (Å²) >= 11 is 0. The molecule has 1 saturated carbocycles. The lowest BCUT2D eigenvalue weighted by Gasteiger charge is -2.34. The minimum absolute atomic E-state index is 0.322. The molecule has 0 radical (unpaired) electrons. The van der Waals surface area contributed by atoms with Gasteiger partial charge in [0.25, 0.3) is 0 Å². The predicted molar refractivity (Wildman–Crippen MR) is 138 cm³/mol. The van der Waals surface area contributed by atoms with Crippen molar-refractivity contribution in [2.75, 3.05) is 13.2 Å². The lowest BCUT2D eigenvalue weighted by Crippen LogP contribution is -2.42. The number of oxazole rings is 1. The van der Waals surface area contributed by atoms with Gasteiger partial charge in [-0.05, 0) is 61.4 Å². The Bertz CT molecular complexity index is 1140. The van der Waals surface area contributed by atoms with E-state index in [1.807, 2.05) is 31.2 Å². The summed E-state index contributed by atoms with van der Waals surface area (Å²) in [5.41, 5.74) is 2.32. The van der Waals surface area contributed by atoms with Gasteiger partial charge in [0.1, 0.15) is 12.0 Å². The fourth-order valence-electron chi connectivity index (χ4n) is 4.86. The van der Waals surface area contributed by atoms with Crippen LogP contribution in [0.25, 0.3) is 6.08 Å². The van der Waals surface area contributed by atoms with Crippen LogP contribution < -0.4 is 4.74 Å². The molecule has 1 atom stereocenters. The quantitative estimate of drug-likeness (QED) is 0.367. The van der Waals surface area contributed by atoms with Crippen LogP contribution in [0.5, 0.6) is 5.75 Å². The van der Waals surface area contributed by atoms with Crippen LogP contribution in [0.15, 0.2) is 59.3 Å². The molecule has 0 saturated heterocycles. The number of hydrogen-bond acceptors (Lipinski definition) is 5. The average molecular weight is 491 g/mol. The third-order valence-corrected chi connectivity index (χ3v) is 6.76. The average Bonchev–Trinajstić information content (AvgIpc) is 3.35. The van der Waals surface area contributed by atoms with Gasteiger partial charge in [-0.15, -0.1) is 0 Å². The smallest absolute Gasteiger partial charge is 0.331 e. The number of fused-ring (bicyclic) bond motifs is 1. The maximum absolute atomic E-state index is 12.6. The van der Waals surface area contributed by atoms with Crippen molar-refractivity contribution >= 4 is 18.0 Å². The van der Waals surface area contributed by atoms with E-state index in [1.54, 1.807) is 24.5 Å². The third-order valence-electron chi connectivity index (χ3n) is 6.76. The highest BCUT2D eigenvalue weighted by molar-refractivity contribution is 5.92. The number of carboxylic acid groups (broad SMARTS) is 1. The van der Waals surface area contributed by atoms with Gasteiger partial charge in [0.2, 0.25) is 11.8 Å². The van der Waals surface area contributed by atoms with Crippen LogP contribution in [0.2, 0.25) is 0 Å². The number of allylic oxidation sites excluding steroid dienone is 4. The lowest BCUT2D eigenvalue weighted by atomic mass is 9.89. The van der Waals surface area contributed by atoms with Crippen molar-refractivity contribution in [2.45, 2.75) is 57.9 Å². The van der Waals surface area contributed by atoms with E-state index in [0.717, 1.165) is 11.3 Å². The van der Waals surface area contributed by atoms with E-state index in [2.05, 4.69) is 11.1 Å². The molecule has 2 aliphatic rings. The van der Waals surface area contributed by atoms with E-state index in [-0.39, 0.29) is 5.91 Å². The molecule has 190 valence electrons. The van der Waals surface area contributed by atoms with Gasteiger partial charge < -0.3 is 19.2 Å². The van der Waals surface area contributed by atoms with E-state index >= 15 is 0 Å². The monoisotopic (exact) mass is 490 g/mol. The molecule has 7 heteroatoms. The van der Waals surface area contributed by atoms with Crippen LogP contribution in [0.3, 0.4) is 0 Å². The summed E-state index contributed by atoms with van der Waals surface area (Å²) in [6.45, 7) is 2.58. The molecule has 2 heterocycles. The minimum Gasteiger partial charge on any atom is -0.493 e. The Labute approximate surface area is 212 Å². The summed E-state index contributed by atoms with van der Waals surface area (Å²) in [4.78, 5) is 30.7. The highest BCUT2D eigenvalue weighted by Gasteiger charge is 2.35. The van der Waals surface area contributed by atoms with E-state index in [4.69, 9.17) is 9.15 Å². The number of carboxylic acids is 1. The van der Waals surface area contributed by atoms with Gasteiger partial charge in [-0.1, -0.05) is 49.6 Å². The molecule has 7 nitrogen and oxygen atoms in total. The van der Waals surface area contributed by atoms with E-state index < -0.39 is 12.0 Å². The zero-order valence-electron chi connectivity index (χ0n) is 20.8. The number of carbonyl (C=O) groups excluding carboxylic acids is 1. The van der Waals surface area contributed by atoms with Gasteiger partial charge >= 0.3 is 5.97 Å². The van der Waals surface area contributed by atoms with Crippen LogP contribution in [0, 0.1) is 5.92 Å². The fraction of sp³-hybridized carbons (Fsp3) is 0.414. The molecule has 0 bridgehead atoms. The number of rotatable bonds is 9. The Morgan fingerprint density at radius 1 is 1.22 bits per heavy atom. The summed E-state index contributed by atoms with van der Waals surface area (Å²) in [7, 11) is 0. The van der Waals surface area contributed by atoms with Crippen LogP contribution >= 0.6 is 0 Å². The Balaban J connectivity index is 1.37. The van der Waals surface area contributed by atoms with Crippen molar-refractivity contribution < 1.29 is 23.8 Å². The van der Waals surface area contributed by atoms with Gasteiger partial charge in [0, 0.05) is 19.0 Å². The topological polar surface area (TPSA) is 92.9 Å². The fourth-order valence-corrected chi connectivity index (χ4v) is 4.86. The van der Waals surface area contributed by atoms with Gasteiger partial charge in [-0.3, -0.25) is 4.79 Å². The van der Waals surface area contributed by atoms with Crippen LogP contribution in [0.4, 0.5) is 0 Å². The maximum Gasteiger partial charge on any atom is 0.331 e. The summed E-state index contributed by atoms with van der Waals surface area (Å²) in [5.74, 6) is 0.419. The van der Waals surface area contributed by atoms with Crippen LogP contribution in [-0.2, 0) is 22.4 Å². The highest BCUT2D eigenvalue weighted by Crippen LogP contribution is 2.33. The van der Waals surface area contributed by atoms with Crippen molar-refractivity contribution in [1.82, 2.24) is 9.88 Å². The highest BCUT2D eigenvalue weighted by atomic mass is 16.5. The van der Waals surface area contributed by atoms with Crippen molar-refractivity contribution in [1.29, 1.82) is 0 Å². The molecule has 1 unspecified atom stereocenters. The summed E-state index contributed by atoms with van der Waals surface area (Å²) in [6.07, 6.45) is 20.0. The van der Waals surface area contributed by atoms with E-state index in [9.17, 15) is 14.7 Å². The number of nitrogens with zero attached hydrogens (tertiary/aromatic N) is 2. The normalized spacial score (nSPS) is 18.8. The Morgan fingerprint density at radius 3 is 2.83 bits per heavy atom. The number of hydrogen-bond donors (Lipinski definition) is 1. The first-order valence-corrected chi connectivity index (χ1v) is 12.8. The van der Waals surface area contributed by atoms with Gasteiger partial charge in [0.15, 0.2) is 6.04 Å². The second-order valence-corrected chi connectivity index (χ2v) is 9.30.